The number of rotatable bonds is 5. The van der Waals surface area contributed by atoms with Gasteiger partial charge in [-0.1, -0.05) is 13.8 Å². The van der Waals surface area contributed by atoms with E-state index in [-0.39, 0.29) is 11.8 Å². The van der Waals surface area contributed by atoms with Gasteiger partial charge < -0.3 is 15.2 Å². The van der Waals surface area contributed by atoms with Gasteiger partial charge in [-0.15, -0.1) is 0 Å². The third-order valence-electron chi connectivity index (χ3n) is 4.32. The molecule has 124 valence electrons. The summed E-state index contributed by atoms with van der Waals surface area (Å²) in [6, 6.07) is 0. The summed E-state index contributed by atoms with van der Waals surface area (Å²) in [5.41, 5.74) is 1.51. The quantitative estimate of drug-likeness (QED) is 0.877. The molecule has 0 bridgehead atoms. The van der Waals surface area contributed by atoms with Gasteiger partial charge in [0.1, 0.15) is 11.8 Å². The fourth-order valence-electron chi connectivity index (χ4n) is 3.00. The number of carbonyl (C=O) groups is 1. The van der Waals surface area contributed by atoms with E-state index in [1.54, 1.807) is 6.33 Å². The lowest BCUT2D eigenvalue weighted by Gasteiger charge is -2.32. The van der Waals surface area contributed by atoms with Gasteiger partial charge in [0.05, 0.1) is 12.2 Å². The van der Waals surface area contributed by atoms with E-state index in [9.17, 15) is 4.79 Å². The zero-order valence-electron chi connectivity index (χ0n) is 13.7. The summed E-state index contributed by atoms with van der Waals surface area (Å²) >= 11 is 0. The van der Waals surface area contributed by atoms with Crippen LogP contribution in [0.5, 0.6) is 0 Å². The van der Waals surface area contributed by atoms with Gasteiger partial charge in [-0.3, -0.25) is 4.79 Å². The van der Waals surface area contributed by atoms with Crippen LogP contribution >= 0.6 is 0 Å². The van der Waals surface area contributed by atoms with E-state index in [1.807, 2.05) is 0 Å². The maximum Gasteiger partial charge on any atom is 0.224 e. The van der Waals surface area contributed by atoms with Crippen LogP contribution in [-0.4, -0.2) is 45.5 Å². The molecule has 3 rings (SSSR count). The highest BCUT2D eigenvalue weighted by atomic mass is 16.1. The second kappa shape index (κ2) is 6.93. The number of fused-ring (bicyclic) bond motifs is 1. The number of hydrogen-bond acceptors (Lipinski definition) is 5. The molecule has 3 heterocycles. The summed E-state index contributed by atoms with van der Waals surface area (Å²) in [5.74, 6) is 1.62. The summed E-state index contributed by atoms with van der Waals surface area (Å²) in [5, 5.41) is 3.07. The van der Waals surface area contributed by atoms with Crippen molar-refractivity contribution >= 4 is 22.9 Å². The van der Waals surface area contributed by atoms with E-state index >= 15 is 0 Å². The van der Waals surface area contributed by atoms with Crippen LogP contribution in [-0.2, 0) is 4.79 Å². The predicted octanol–water partition coefficient (Wildman–Crippen LogP) is 1.73. The van der Waals surface area contributed by atoms with E-state index < -0.39 is 0 Å². The van der Waals surface area contributed by atoms with Gasteiger partial charge >= 0.3 is 0 Å². The first kappa shape index (κ1) is 15.7. The van der Waals surface area contributed by atoms with Crippen LogP contribution in [0.4, 0.5) is 5.82 Å². The van der Waals surface area contributed by atoms with Crippen LogP contribution in [0.2, 0.25) is 0 Å². The number of carbonyl (C=O) groups excluding carboxylic acids is 1. The lowest BCUT2D eigenvalue weighted by atomic mass is 9.97. The van der Waals surface area contributed by atoms with E-state index in [4.69, 9.17) is 0 Å². The summed E-state index contributed by atoms with van der Waals surface area (Å²) in [4.78, 5) is 30.4. The van der Waals surface area contributed by atoms with Crippen LogP contribution in [0.3, 0.4) is 0 Å². The number of amides is 1. The van der Waals surface area contributed by atoms with Crippen LogP contribution in [0, 0.1) is 11.8 Å². The minimum absolute atomic E-state index is 0.0175. The van der Waals surface area contributed by atoms with Crippen molar-refractivity contribution in [3.8, 4) is 0 Å². The number of aromatic nitrogens is 4. The first-order valence-corrected chi connectivity index (χ1v) is 8.32. The summed E-state index contributed by atoms with van der Waals surface area (Å²) in [6.45, 7) is 6.68. The topological polar surface area (TPSA) is 86.8 Å². The molecule has 2 N–H and O–H groups in total. The molecule has 2 aromatic heterocycles. The Morgan fingerprint density at radius 3 is 3.13 bits per heavy atom. The lowest BCUT2D eigenvalue weighted by Crippen LogP contribution is -2.43. The van der Waals surface area contributed by atoms with Crippen molar-refractivity contribution in [2.24, 2.45) is 11.8 Å². The Morgan fingerprint density at radius 1 is 1.43 bits per heavy atom. The Hall–Kier alpha value is -2.18. The molecular weight excluding hydrogens is 292 g/mol. The van der Waals surface area contributed by atoms with E-state index in [0.29, 0.717) is 18.1 Å². The number of nitrogens with zero attached hydrogens (tertiary/aromatic N) is 4. The first-order valence-electron chi connectivity index (χ1n) is 8.32. The molecule has 1 atom stereocenters. The maximum absolute atomic E-state index is 12.4. The van der Waals surface area contributed by atoms with Gasteiger partial charge in [0.2, 0.25) is 5.91 Å². The molecule has 7 nitrogen and oxygen atoms in total. The van der Waals surface area contributed by atoms with Gasteiger partial charge in [-0.2, -0.15) is 0 Å². The van der Waals surface area contributed by atoms with Crippen molar-refractivity contribution in [2.45, 2.75) is 33.1 Å². The van der Waals surface area contributed by atoms with Gasteiger partial charge in [0, 0.05) is 19.6 Å². The van der Waals surface area contributed by atoms with Gasteiger partial charge in [-0.05, 0) is 25.2 Å². The summed E-state index contributed by atoms with van der Waals surface area (Å²) in [6.07, 6.45) is 6.10. The molecule has 0 radical (unpaired) electrons. The SMILES string of the molecule is CC(C)CCNC(=O)C1CCCN(c2ncnc3nc[nH]c23)C1. The third-order valence-corrected chi connectivity index (χ3v) is 4.32. The highest BCUT2D eigenvalue weighted by Crippen LogP contribution is 2.25. The second-order valence-electron chi connectivity index (χ2n) is 6.56. The largest absolute Gasteiger partial charge is 0.356 e. The van der Waals surface area contributed by atoms with Crippen LogP contribution in [0.25, 0.3) is 11.2 Å². The zero-order valence-corrected chi connectivity index (χ0v) is 13.7. The number of aromatic amines is 1. The first-order chi connectivity index (χ1) is 11.1. The Bertz CT molecular complexity index is 667. The molecule has 1 amide bonds. The Kier molecular flexibility index (Phi) is 4.73. The molecule has 1 aliphatic heterocycles. The van der Waals surface area contributed by atoms with Gasteiger partial charge in [0.15, 0.2) is 11.5 Å². The lowest BCUT2D eigenvalue weighted by molar-refractivity contribution is -0.125. The average molecular weight is 316 g/mol. The molecule has 0 aromatic carbocycles. The van der Waals surface area contributed by atoms with Crippen molar-refractivity contribution in [3.05, 3.63) is 12.7 Å². The number of anilines is 1. The van der Waals surface area contributed by atoms with E-state index in [1.165, 1.54) is 6.33 Å². The second-order valence-corrected chi connectivity index (χ2v) is 6.56. The molecule has 0 saturated carbocycles. The molecule has 7 heteroatoms. The Morgan fingerprint density at radius 2 is 2.30 bits per heavy atom. The van der Waals surface area contributed by atoms with Gasteiger partial charge in [0.25, 0.3) is 0 Å². The van der Waals surface area contributed by atoms with Crippen LogP contribution in [0.15, 0.2) is 12.7 Å². The highest BCUT2D eigenvalue weighted by molar-refractivity contribution is 5.84. The normalized spacial score (nSPS) is 18.6. The molecule has 0 spiro atoms. The minimum Gasteiger partial charge on any atom is -0.356 e. The number of hydrogen-bond donors (Lipinski definition) is 2. The van der Waals surface area contributed by atoms with Crippen molar-refractivity contribution < 1.29 is 4.79 Å². The number of piperidine rings is 1. The average Bonchev–Trinajstić information content (AvgIpc) is 3.03. The fourth-order valence-corrected chi connectivity index (χ4v) is 3.00. The van der Waals surface area contributed by atoms with Crippen molar-refractivity contribution in [1.29, 1.82) is 0 Å². The number of H-pyrrole nitrogens is 1. The molecule has 1 aliphatic rings. The fraction of sp³-hybridized carbons (Fsp3) is 0.625. The standard InChI is InChI=1S/C16H24N6O/c1-11(2)5-6-17-16(23)12-4-3-7-22(8-12)15-13-14(19-9-18-13)20-10-21-15/h9-12H,3-8H2,1-2H3,(H,17,23)(H,18,19,20,21). The number of imidazole rings is 1. The number of nitrogens with one attached hydrogen (secondary N) is 2. The Balaban J connectivity index is 1.66. The van der Waals surface area contributed by atoms with Gasteiger partial charge in [-0.25, -0.2) is 15.0 Å². The molecule has 1 saturated heterocycles. The zero-order chi connectivity index (χ0) is 16.2. The van der Waals surface area contributed by atoms with Crippen molar-refractivity contribution in [3.63, 3.8) is 0 Å². The van der Waals surface area contributed by atoms with Crippen LogP contribution < -0.4 is 10.2 Å². The van der Waals surface area contributed by atoms with Crippen molar-refractivity contribution in [2.75, 3.05) is 24.5 Å². The summed E-state index contributed by atoms with van der Waals surface area (Å²) < 4.78 is 0. The molecule has 0 aliphatic carbocycles. The minimum atomic E-state index is 0.0175. The molecule has 2 aromatic rings. The molecule has 23 heavy (non-hydrogen) atoms. The Labute approximate surface area is 135 Å². The molecule has 1 fully saturated rings. The third kappa shape index (κ3) is 3.60. The van der Waals surface area contributed by atoms with Crippen molar-refractivity contribution in [1.82, 2.24) is 25.3 Å². The highest BCUT2D eigenvalue weighted by Gasteiger charge is 2.27. The van der Waals surface area contributed by atoms with E-state index in [0.717, 1.165) is 43.7 Å². The van der Waals surface area contributed by atoms with E-state index in [2.05, 4.69) is 44.0 Å². The van der Waals surface area contributed by atoms with Crippen LogP contribution in [0.1, 0.15) is 33.1 Å². The molecule has 1 unspecified atom stereocenters. The monoisotopic (exact) mass is 316 g/mol. The molecular formula is C16H24N6O. The maximum atomic E-state index is 12.4. The smallest absolute Gasteiger partial charge is 0.224 e. The summed E-state index contributed by atoms with van der Waals surface area (Å²) in [7, 11) is 0. The predicted molar refractivity (Wildman–Crippen MR) is 89.1 cm³/mol.